The van der Waals surface area contributed by atoms with Crippen LogP contribution in [-0.2, 0) is 17.8 Å². The Labute approximate surface area is 231 Å². The topological polar surface area (TPSA) is 105 Å². The van der Waals surface area contributed by atoms with E-state index in [0.29, 0.717) is 34.6 Å². The Kier molecular flexibility index (Phi) is 7.97. The first kappa shape index (κ1) is 27.5. The molecule has 2 aliphatic rings. The molecule has 2 aromatic heterocycles. The molecular weight excluding hydrogens is 516 g/mol. The third-order valence-corrected chi connectivity index (χ3v) is 8.01. The number of rotatable bonds is 11. The summed E-state index contributed by atoms with van der Waals surface area (Å²) in [5, 5.41) is 19.3. The second kappa shape index (κ2) is 11.6. The smallest absolute Gasteiger partial charge is 0.303 e. The fourth-order valence-electron chi connectivity index (χ4n) is 5.74. The fraction of sp³-hybridized carbons (Fsp3) is 0.419. The van der Waals surface area contributed by atoms with Crippen molar-refractivity contribution in [1.82, 2.24) is 9.97 Å². The van der Waals surface area contributed by atoms with E-state index in [1.807, 2.05) is 6.07 Å². The Bertz CT molecular complexity index is 1440. The summed E-state index contributed by atoms with van der Waals surface area (Å²) in [5.41, 5.74) is 1.92. The van der Waals surface area contributed by atoms with Crippen LogP contribution < -0.4 is 9.47 Å². The summed E-state index contributed by atoms with van der Waals surface area (Å²) in [5.74, 6) is -1.57. The maximum Gasteiger partial charge on any atom is 0.303 e. The lowest BCUT2D eigenvalue weighted by molar-refractivity contribution is -0.137. The number of aromatic nitrogens is 2. The average Bonchev–Trinajstić information content (AvgIpc) is 3.70. The van der Waals surface area contributed by atoms with Gasteiger partial charge in [-0.25, -0.2) is 13.8 Å². The van der Waals surface area contributed by atoms with Gasteiger partial charge in [-0.3, -0.25) is 9.78 Å². The van der Waals surface area contributed by atoms with Gasteiger partial charge >= 0.3 is 5.97 Å². The minimum Gasteiger partial charge on any atom is -0.497 e. The Morgan fingerprint density at radius 3 is 2.60 bits per heavy atom. The van der Waals surface area contributed by atoms with Gasteiger partial charge in [0.25, 0.3) is 0 Å². The Balaban J connectivity index is 1.43. The van der Waals surface area contributed by atoms with Crippen LogP contribution in [0, 0.1) is 34.3 Å². The van der Waals surface area contributed by atoms with Gasteiger partial charge in [-0.15, -0.1) is 0 Å². The molecule has 2 fully saturated rings. The quantitative estimate of drug-likeness (QED) is 0.288. The number of carboxylic acids is 1. The van der Waals surface area contributed by atoms with Crippen molar-refractivity contribution in [3.63, 3.8) is 0 Å². The molecule has 2 aliphatic carbocycles. The Morgan fingerprint density at radius 1 is 1.15 bits per heavy atom. The van der Waals surface area contributed by atoms with E-state index < -0.39 is 28.9 Å². The van der Waals surface area contributed by atoms with Gasteiger partial charge in [-0.05, 0) is 73.4 Å². The van der Waals surface area contributed by atoms with Gasteiger partial charge < -0.3 is 14.6 Å². The zero-order valence-corrected chi connectivity index (χ0v) is 22.3. The van der Waals surface area contributed by atoms with Crippen LogP contribution >= 0.6 is 0 Å². The zero-order chi connectivity index (χ0) is 28.3. The number of methoxy groups -OCH3 is 1. The summed E-state index contributed by atoms with van der Waals surface area (Å²) in [6.45, 7) is 0.0610. The predicted octanol–water partition coefficient (Wildman–Crippen LogP) is 6.60. The monoisotopic (exact) mass is 547 g/mol. The fourth-order valence-corrected chi connectivity index (χ4v) is 5.74. The molecule has 0 spiro atoms. The van der Waals surface area contributed by atoms with Crippen molar-refractivity contribution < 1.29 is 28.2 Å². The third kappa shape index (κ3) is 6.06. The van der Waals surface area contributed by atoms with Crippen molar-refractivity contribution in [1.29, 1.82) is 5.26 Å². The molecule has 2 heterocycles. The molecule has 9 heteroatoms. The number of hydrogen-bond donors (Lipinski definition) is 1. The molecule has 0 saturated heterocycles. The third-order valence-electron chi connectivity index (χ3n) is 8.01. The maximum atomic E-state index is 14.9. The van der Waals surface area contributed by atoms with Crippen molar-refractivity contribution in [3.8, 4) is 29.0 Å². The van der Waals surface area contributed by atoms with Crippen LogP contribution in [0.2, 0.25) is 0 Å². The van der Waals surface area contributed by atoms with Gasteiger partial charge in [0.15, 0.2) is 0 Å². The van der Waals surface area contributed by atoms with Crippen LogP contribution in [0.1, 0.15) is 67.6 Å². The number of nitriles is 1. The highest BCUT2D eigenvalue weighted by Gasteiger charge is 2.36. The van der Waals surface area contributed by atoms with E-state index in [1.54, 1.807) is 18.3 Å². The largest absolute Gasteiger partial charge is 0.497 e. The van der Waals surface area contributed by atoms with Crippen molar-refractivity contribution in [2.75, 3.05) is 7.11 Å². The average molecular weight is 548 g/mol. The minimum atomic E-state index is -0.973. The van der Waals surface area contributed by atoms with E-state index in [2.05, 4.69) is 16.0 Å². The minimum absolute atomic E-state index is 0.0610. The van der Waals surface area contributed by atoms with Crippen molar-refractivity contribution in [2.45, 2.75) is 63.9 Å². The van der Waals surface area contributed by atoms with Crippen molar-refractivity contribution in [2.24, 2.45) is 11.3 Å². The first-order valence-corrected chi connectivity index (χ1v) is 13.5. The molecule has 0 aliphatic heterocycles. The number of nitrogens with zero attached hydrogens (tertiary/aromatic N) is 3. The van der Waals surface area contributed by atoms with Gasteiger partial charge in [0, 0.05) is 29.3 Å². The van der Waals surface area contributed by atoms with E-state index in [1.165, 1.54) is 19.2 Å². The number of halogens is 2. The van der Waals surface area contributed by atoms with Crippen molar-refractivity contribution >= 4 is 5.97 Å². The lowest BCUT2D eigenvalue weighted by Crippen LogP contribution is -2.18. The molecule has 1 atom stereocenters. The van der Waals surface area contributed by atoms with E-state index in [9.17, 15) is 23.9 Å². The van der Waals surface area contributed by atoms with Gasteiger partial charge in [0.1, 0.15) is 24.0 Å². The second-order valence-corrected chi connectivity index (χ2v) is 10.8. The highest BCUT2D eigenvalue weighted by molar-refractivity contribution is 5.68. The number of aliphatic carboxylic acids is 1. The van der Waals surface area contributed by atoms with E-state index in [4.69, 9.17) is 9.47 Å². The highest BCUT2D eigenvalue weighted by atomic mass is 19.1. The summed E-state index contributed by atoms with van der Waals surface area (Å²) in [4.78, 5) is 20.0. The lowest BCUT2D eigenvalue weighted by atomic mass is 9.80. The van der Waals surface area contributed by atoms with Gasteiger partial charge in [0.2, 0.25) is 5.88 Å². The zero-order valence-electron chi connectivity index (χ0n) is 22.3. The van der Waals surface area contributed by atoms with Gasteiger partial charge in [0.05, 0.1) is 36.9 Å². The maximum absolute atomic E-state index is 14.9. The molecule has 40 heavy (non-hydrogen) atoms. The molecule has 0 radical (unpaired) electrons. The first-order valence-electron chi connectivity index (χ1n) is 13.5. The number of ether oxygens (including phenoxy) is 2. The highest BCUT2D eigenvalue weighted by Crippen LogP contribution is 2.46. The number of hydrogen-bond acceptors (Lipinski definition) is 6. The summed E-state index contributed by atoms with van der Waals surface area (Å²) in [7, 11) is 1.51. The first-order chi connectivity index (χ1) is 19.3. The van der Waals surface area contributed by atoms with E-state index in [0.717, 1.165) is 50.3 Å². The molecule has 5 rings (SSSR count). The molecule has 1 aromatic carbocycles. The molecule has 7 nitrogen and oxygen atoms in total. The standard InChI is InChI=1S/C31H31F2N3O4/c1-39-22-6-7-26(32)25(11-22)30-21(14-31(18-34)8-2-3-9-31)10-19(15-36-30)17-40-28-12-24(27(33)16-35-28)23(13-29(37)38)20-4-5-20/h6-7,10-12,15-16,20,23H,2-5,8-9,13-14,17H2,1H3,(H,37,38). The summed E-state index contributed by atoms with van der Waals surface area (Å²) >= 11 is 0. The number of benzene rings is 1. The summed E-state index contributed by atoms with van der Waals surface area (Å²) < 4.78 is 40.8. The molecule has 0 bridgehead atoms. The van der Waals surface area contributed by atoms with Crippen LogP contribution in [0.3, 0.4) is 0 Å². The molecule has 2 saturated carbocycles. The van der Waals surface area contributed by atoms with E-state index >= 15 is 0 Å². The van der Waals surface area contributed by atoms with Crippen LogP contribution in [0.4, 0.5) is 8.78 Å². The molecule has 0 amide bonds. The molecule has 3 aromatic rings. The molecule has 208 valence electrons. The Morgan fingerprint density at radius 2 is 1.93 bits per heavy atom. The van der Waals surface area contributed by atoms with Crippen LogP contribution in [0.25, 0.3) is 11.3 Å². The lowest BCUT2D eigenvalue weighted by Gasteiger charge is -2.22. The van der Waals surface area contributed by atoms with Crippen LogP contribution in [0.15, 0.2) is 42.7 Å². The summed E-state index contributed by atoms with van der Waals surface area (Å²) in [6.07, 6.45) is 8.14. The van der Waals surface area contributed by atoms with E-state index in [-0.39, 0.29) is 24.8 Å². The molecule has 1 unspecified atom stereocenters. The predicted molar refractivity (Wildman–Crippen MR) is 143 cm³/mol. The van der Waals surface area contributed by atoms with Gasteiger partial charge in [-0.1, -0.05) is 12.8 Å². The van der Waals surface area contributed by atoms with Crippen LogP contribution in [0.5, 0.6) is 11.6 Å². The van der Waals surface area contributed by atoms with Crippen molar-refractivity contribution in [3.05, 3.63) is 71.1 Å². The van der Waals surface area contributed by atoms with Crippen LogP contribution in [-0.4, -0.2) is 28.2 Å². The number of carbonyl (C=O) groups is 1. The Hall–Kier alpha value is -4.06. The molecular formula is C31H31F2N3O4. The molecule has 1 N–H and O–H groups in total. The second-order valence-electron chi connectivity index (χ2n) is 10.8. The summed E-state index contributed by atoms with van der Waals surface area (Å²) in [6, 6.07) is 10.3. The van der Waals surface area contributed by atoms with Gasteiger partial charge in [-0.2, -0.15) is 5.26 Å². The normalized spacial score (nSPS) is 16.8. The number of carboxylic acid groups (broad SMARTS) is 1. The number of pyridine rings is 2. The SMILES string of the molecule is COc1ccc(F)c(-c2ncc(COc3cc(C(CC(=O)O)C4CC4)c(F)cn3)cc2CC2(C#N)CCCC2)c1.